The number of nitrogens with zero attached hydrogens (tertiary/aromatic N) is 3. The molecule has 8 heteroatoms. The van der Waals surface area contributed by atoms with Gasteiger partial charge in [-0.05, 0) is 37.3 Å². The fourth-order valence-electron chi connectivity index (χ4n) is 5.56. The fourth-order valence-corrected chi connectivity index (χ4v) is 5.56. The van der Waals surface area contributed by atoms with E-state index < -0.39 is 17.9 Å². The quantitative estimate of drug-likeness (QED) is 0.674. The summed E-state index contributed by atoms with van der Waals surface area (Å²) in [4.78, 5) is 43.0. The first-order valence-corrected chi connectivity index (χ1v) is 11.1. The lowest BCUT2D eigenvalue weighted by Crippen LogP contribution is -2.60. The molecule has 3 N–H and O–H groups in total. The largest absolute Gasteiger partial charge is 0.481 e. The molecule has 1 aliphatic carbocycles. The molecule has 4 atom stereocenters. The van der Waals surface area contributed by atoms with Crippen molar-refractivity contribution in [2.24, 2.45) is 23.0 Å². The zero-order valence-electron chi connectivity index (χ0n) is 18.1. The number of carbonyl (C=O) groups is 3. The summed E-state index contributed by atoms with van der Waals surface area (Å²) in [5.74, 6) is -2.54. The number of hydrogen-bond donors (Lipinski definition) is 2. The molecule has 0 bridgehead atoms. The van der Waals surface area contributed by atoms with E-state index in [1.54, 1.807) is 7.05 Å². The summed E-state index contributed by atoms with van der Waals surface area (Å²) >= 11 is 0. The summed E-state index contributed by atoms with van der Waals surface area (Å²) in [5, 5.41) is 9.86. The third kappa shape index (κ3) is 4.45. The van der Waals surface area contributed by atoms with Gasteiger partial charge in [-0.2, -0.15) is 0 Å². The first-order valence-electron chi connectivity index (χ1n) is 11.1. The van der Waals surface area contributed by atoms with Crippen molar-refractivity contribution < 1.29 is 19.5 Å². The van der Waals surface area contributed by atoms with Gasteiger partial charge in [-0.15, -0.1) is 0 Å². The lowest BCUT2D eigenvalue weighted by Gasteiger charge is -2.44. The first-order chi connectivity index (χ1) is 14.8. The van der Waals surface area contributed by atoms with Crippen LogP contribution >= 0.6 is 0 Å². The molecule has 1 saturated carbocycles. The number of likely N-dealkylation sites (N-methyl/N-ethyl adjacent to an activating group) is 1. The summed E-state index contributed by atoms with van der Waals surface area (Å²) < 4.78 is 0. The molecule has 0 aromatic heterocycles. The Balaban J connectivity index is 1.34. The molecular weight excluding hydrogens is 396 g/mol. The van der Waals surface area contributed by atoms with Crippen LogP contribution < -0.4 is 5.73 Å². The number of nitrogens with two attached hydrogens (primary N) is 1. The first kappa shape index (κ1) is 21.8. The molecule has 4 rings (SSSR count). The van der Waals surface area contributed by atoms with Gasteiger partial charge in [0, 0.05) is 45.2 Å². The number of piperidine rings is 1. The standard InChI is InChI=1S/C23H32N4O4/c1-25-15-23(14-18(23)20(24)28)13-17(22(30)31)19(25)21(29)27-11-9-26(10-12-27)8-7-16-5-3-2-4-6-16/h2-6,17-19H,7-15H2,1H3,(H2,24,28)(H,30,31). The number of carboxylic acid groups (broad SMARTS) is 1. The van der Waals surface area contributed by atoms with Crippen LogP contribution in [0.25, 0.3) is 0 Å². The topological polar surface area (TPSA) is 107 Å². The Morgan fingerprint density at radius 3 is 2.35 bits per heavy atom. The van der Waals surface area contributed by atoms with Crippen LogP contribution in [0.4, 0.5) is 0 Å². The second kappa shape index (κ2) is 8.59. The number of hydrogen-bond acceptors (Lipinski definition) is 5. The Bertz CT molecular complexity index is 839. The highest BCUT2D eigenvalue weighted by Gasteiger charge is 2.63. The molecule has 1 aromatic carbocycles. The molecule has 3 aliphatic rings. The Hall–Kier alpha value is -2.45. The van der Waals surface area contributed by atoms with Gasteiger partial charge in [0.2, 0.25) is 11.8 Å². The molecule has 1 spiro atoms. The molecule has 4 unspecified atom stereocenters. The number of carbonyl (C=O) groups excluding carboxylic acids is 2. The van der Waals surface area contributed by atoms with Gasteiger partial charge in [0.25, 0.3) is 0 Å². The minimum absolute atomic E-state index is 0.108. The van der Waals surface area contributed by atoms with Crippen LogP contribution in [0.1, 0.15) is 18.4 Å². The maximum Gasteiger partial charge on any atom is 0.308 e. The number of amides is 2. The lowest BCUT2D eigenvalue weighted by molar-refractivity contribution is -0.157. The molecule has 2 amide bonds. The van der Waals surface area contributed by atoms with E-state index in [-0.39, 0.29) is 23.1 Å². The van der Waals surface area contributed by atoms with Crippen LogP contribution in [0, 0.1) is 17.3 Å². The summed E-state index contributed by atoms with van der Waals surface area (Å²) in [6.45, 7) is 4.29. The molecule has 31 heavy (non-hydrogen) atoms. The van der Waals surface area contributed by atoms with E-state index in [1.807, 2.05) is 28.0 Å². The summed E-state index contributed by atoms with van der Waals surface area (Å²) in [6, 6.07) is 9.67. The fraction of sp³-hybridized carbons (Fsp3) is 0.609. The van der Waals surface area contributed by atoms with Crippen molar-refractivity contribution in [1.29, 1.82) is 0 Å². The van der Waals surface area contributed by atoms with E-state index >= 15 is 0 Å². The van der Waals surface area contributed by atoms with E-state index in [0.29, 0.717) is 32.5 Å². The highest BCUT2D eigenvalue weighted by atomic mass is 16.4. The number of carboxylic acids is 1. The van der Waals surface area contributed by atoms with Crippen molar-refractivity contribution in [2.75, 3.05) is 46.3 Å². The highest BCUT2D eigenvalue weighted by molar-refractivity contribution is 5.89. The van der Waals surface area contributed by atoms with Crippen molar-refractivity contribution in [1.82, 2.24) is 14.7 Å². The summed E-state index contributed by atoms with van der Waals surface area (Å²) in [5.41, 5.74) is 6.40. The Morgan fingerprint density at radius 2 is 1.77 bits per heavy atom. The SMILES string of the molecule is CN1CC2(CC(C(=O)O)C1C(=O)N1CCN(CCc3ccccc3)CC1)CC2C(N)=O. The van der Waals surface area contributed by atoms with Gasteiger partial charge in [0.05, 0.1) is 5.92 Å². The van der Waals surface area contributed by atoms with Gasteiger partial charge in [-0.1, -0.05) is 30.3 Å². The van der Waals surface area contributed by atoms with Gasteiger partial charge in [0.1, 0.15) is 6.04 Å². The van der Waals surface area contributed by atoms with Crippen molar-refractivity contribution in [3.05, 3.63) is 35.9 Å². The lowest BCUT2D eigenvalue weighted by atomic mass is 9.79. The van der Waals surface area contributed by atoms with Crippen molar-refractivity contribution in [2.45, 2.75) is 25.3 Å². The maximum absolute atomic E-state index is 13.3. The van der Waals surface area contributed by atoms with E-state index in [2.05, 4.69) is 17.0 Å². The molecule has 1 aromatic rings. The number of likely N-dealkylation sites (tertiary alicyclic amines) is 1. The predicted molar refractivity (Wildman–Crippen MR) is 115 cm³/mol. The van der Waals surface area contributed by atoms with E-state index in [0.717, 1.165) is 26.1 Å². The summed E-state index contributed by atoms with van der Waals surface area (Å²) in [7, 11) is 1.80. The number of benzene rings is 1. The molecular formula is C23H32N4O4. The van der Waals surface area contributed by atoms with Crippen LogP contribution in [-0.2, 0) is 20.8 Å². The molecule has 8 nitrogen and oxygen atoms in total. The molecule has 168 valence electrons. The smallest absolute Gasteiger partial charge is 0.308 e. The molecule has 0 radical (unpaired) electrons. The van der Waals surface area contributed by atoms with Crippen LogP contribution in [0.2, 0.25) is 0 Å². The van der Waals surface area contributed by atoms with Crippen molar-refractivity contribution in [3.63, 3.8) is 0 Å². The van der Waals surface area contributed by atoms with Crippen molar-refractivity contribution in [3.8, 4) is 0 Å². The number of rotatable bonds is 6. The zero-order valence-corrected chi connectivity index (χ0v) is 18.1. The third-order valence-electron chi connectivity index (χ3n) is 7.39. The third-order valence-corrected chi connectivity index (χ3v) is 7.39. The zero-order chi connectivity index (χ0) is 22.2. The Kier molecular flexibility index (Phi) is 6.03. The average Bonchev–Trinajstić information content (AvgIpc) is 3.45. The van der Waals surface area contributed by atoms with Gasteiger partial charge in [-0.25, -0.2) is 0 Å². The highest BCUT2D eigenvalue weighted by Crippen LogP contribution is 2.59. The Labute approximate surface area is 183 Å². The number of aliphatic carboxylic acids is 1. The van der Waals surface area contributed by atoms with Gasteiger partial charge >= 0.3 is 5.97 Å². The van der Waals surface area contributed by atoms with E-state index in [4.69, 9.17) is 5.73 Å². The second-order valence-corrected chi connectivity index (χ2v) is 9.43. The summed E-state index contributed by atoms with van der Waals surface area (Å²) in [6.07, 6.45) is 1.94. The Morgan fingerprint density at radius 1 is 1.10 bits per heavy atom. The number of primary amides is 1. The molecule has 2 aliphatic heterocycles. The predicted octanol–water partition coefficient (Wildman–Crippen LogP) is 0.270. The number of piperazine rings is 1. The van der Waals surface area contributed by atoms with Crippen LogP contribution in [0.15, 0.2) is 30.3 Å². The molecule has 2 saturated heterocycles. The normalized spacial score (nSPS) is 31.5. The maximum atomic E-state index is 13.3. The minimum atomic E-state index is -0.971. The van der Waals surface area contributed by atoms with Crippen LogP contribution in [0.3, 0.4) is 0 Å². The van der Waals surface area contributed by atoms with E-state index in [1.165, 1.54) is 5.56 Å². The molecule has 2 heterocycles. The van der Waals surface area contributed by atoms with Gasteiger partial charge in [-0.3, -0.25) is 24.2 Å². The minimum Gasteiger partial charge on any atom is -0.481 e. The van der Waals surface area contributed by atoms with Crippen molar-refractivity contribution >= 4 is 17.8 Å². The van der Waals surface area contributed by atoms with Gasteiger partial charge < -0.3 is 15.7 Å². The van der Waals surface area contributed by atoms with E-state index in [9.17, 15) is 19.5 Å². The van der Waals surface area contributed by atoms with Crippen LogP contribution in [0.5, 0.6) is 0 Å². The monoisotopic (exact) mass is 428 g/mol. The van der Waals surface area contributed by atoms with Crippen LogP contribution in [-0.4, -0.2) is 89.9 Å². The molecule has 3 fully saturated rings. The average molecular weight is 429 g/mol. The second-order valence-electron chi connectivity index (χ2n) is 9.43. The van der Waals surface area contributed by atoms with Gasteiger partial charge in [0.15, 0.2) is 0 Å².